The van der Waals surface area contributed by atoms with E-state index in [1.54, 1.807) is 0 Å². The predicted octanol–water partition coefficient (Wildman–Crippen LogP) is 2.64. The van der Waals surface area contributed by atoms with E-state index in [9.17, 15) is 0 Å². The molecule has 1 saturated carbocycles. The Kier molecular flexibility index (Phi) is 4.44. The van der Waals surface area contributed by atoms with Gasteiger partial charge in [0.15, 0.2) is 0 Å². The van der Waals surface area contributed by atoms with Gasteiger partial charge in [-0.25, -0.2) is 0 Å². The second-order valence-electron chi connectivity index (χ2n) is 5.59. The zero-order valence-corrected chi connectivity index (χ0v) is 12.2. The quantitative estimate of drug-likeness (QED) is 0.805. The molecular formula is C15H27N3. The molecule has 1 aliphatic rings. The van der Waals surface area contributed by atoms with Gasteiger partial charge in [-0.15, -0.1) is 0 Å². The molecule has 0 aromatic carbocycles. The van der Waals surface area contributed by atoms with Crippen molar-refractivity contribution in [3.05, 3.63) is 17.5 Å². The van der Waals surface area contributed by atoms with Crippen LogP contribution in [0.5, 0.6) is 0 Å². The van der Waals surface area contributed by atoms with E-state index < -0.39 is 0 Å². The highest BCUT2D eigenvalue weighted by Crippen LogP contribution is 2.38. The third kappa shape index (κ3) is 2.94. The fourth-order valence-electron chi connectivity index (χ4n) is 2.85. The summed E-state index contributed by atoms with van der Waals surface area (Å²) in [4.78, 5) is 0. The van der Waals surface area contributed by atoms with Crippen LogP contribution in [0.4, 0.5) is 0 Å². The summed E-state index contributed by atoms with van der Waals surface area (Å²) in [5, 5.41) is 8.15. The van der Waals surface area contributed by atoms with Gasteiger partial charge in [-0.05, 0) is 51.1 Å². The van der Waals surface area contributed by atoms with E-state index in [2.05, 4.69) is 49.0 Å². The fourth-order valence-corrected chi connectivity index (χ4v) is 2.85. The first-order valence-corrected chi connectivity index (χ1v) is 7.42. The SMILES string of the molecule is CCc1cc(CC(NC)C(C)C2CC2)n(CC)n1. The maximum atomic E-state index is 4.64. The number of aryl methyl sites for hydroxylation is 2. The molecule has 0 amide bonds. The average Bonchev–Trinajstić information content (AvgIpc) is 3.16. The van der Waals surface area contributed by atoms with Gasteiger partial charge in [-0.1, -0.05) is 13.8 Å². The van der Waals surface area contributed by atoms with Gasteiger partial charge >= 0.3 is 0 Å². The highest BCUT2D eigenvalue weighted by Gasteiger charge is 2.33. The molecule has 1 N–H and O–H groups in total. The Bertz CT molecular complexity index is 379. The number of likely N-dealkylation sites (N-methyl/N-ethyl adjacent to an activating group) is 1. The molecule has 1 aliphatic carbocycles. The van der Waals surface area contributed by atoms with Crippen molar-refractivity contribution >= 4 is 0 Å². The van der Waals surface area contributed by atoms with Crippen LogP contribution in [0, 0.1) is 11.8 Å². The second kappa shape index (κ2) is 5.87. The van der Waals surface area contributed by atoms with Crippen LogP contribution in [-0.2, 0) is 19.4 Å². The van der Waals surface area contributed by atoms with Gasteiger partial charge in [-0.3, -0.25) is 4.68 Å². The Morgan fingerprint density at radius 1 is 1.44 bits per heavy atom. The number of hydrogen-bond donors (Lipinski definition) is 1. The molecule has 1 fully saturated rings. The minimum absolute atomic E-state index is 0.587. The van der Waals surface area contributed by atoms with Crippen molar-refractivity contribution in [2.24, 2.45) is 11.8 Å². The van der Waals surface area contributed by atoms with Crippen molar-refractivity contribution in [3.8, 4) is 0 Å². The molecule has 1 aromatic heterocycles. The predicted molar refractivity (Wildman–Crippen MR) is 75.7 cm³/mol. The van der Waals surface area contributed by atoms with Crippen molar-refractivity contribution in [1.82, 2.24) is 15.1 Å². The van der Waals surface area contributed by atoms with Gasteiger partial charge in [0.1, 0.15) is 0 Å². The zero-order chi connectivity index (χ0) is 13.1. The molecule has 0 aliphatic heterocycles. The molecule has 1 heterocycles. The first kappa shape index (κ1) is 13.6. The van der Waals surface area contributed by atoms with E-state index >= 15 is 0 Å². The Morgan fingerprint density at radius 3 is 2.67 bits per heavy atom. The average molecular weight is 249 g/mol. The molecule has 18 heavy (non-hydrogen) atoms. The molecule has 2 atom stereocenters. The zero-order valence-electron chi connectivity index (χ0n) is 12.2. The lowest BCUT2D eigenvalue weighted by atomic mass is 9.93. The third-order valence-corrected chi connectivity index (χ3v) is 4.38. The highest BCUT2D eigenvalue weighted by atomic mass is 15.3. The van der Waals surface area contributed by atoms with Crippen LogP contribution < -0.4 is 5.32 Å². The molecule has 1 aromatic rings. The molecule has 0 saturated heterocycles. The molecule has 2 rings (SSSR count). The van der Waals surface area contributed by atoms with Crippen LogP contribution in [0.3, 0.4) is 0 Å². The molecule has 0 spiro atoms. The van der Waals surface area contributed by atoms with Crippen molar-refractivity contribution in [3.63, 3.8) is 0 Å². The summed E-state index contributed by atoms with van der Waals surface area (Å²) in [6.07, 6.45) is 4.98. The Morgan fingerprint density at radius 2 is 2.17 bits per heavy atom. The number of nitrogens with one attached hydrogen (secondary N) is 1. The number of nitrogens with zero attached hydrogens (tertiary/aromatic N) is 2. The van der Waals surface area contributed by atoms with E-state index in [0.717, 1.165) is 31.2 Å². The summed E-state index contributed by atoms with van der Waals surface area (Å²) < 4.78 is 2.17. The summed E-state index contributed by atoms with van der Waals surface area (Å²) in [6.45, 7) is 7.72. The van der Waals surface area contributed by atoms with Crippen molar-refractivity contribution in [2.75, 3.05) is 7.05 Å². The lowest BCUT2D eigenvalue weighted by molar-refractivity contribution is 0.351. The second-order valence-corrected chi connectivity index (χ2v) is 5.59. The van der Waals surface area contributed by atoms with Crippen molar-refractivity contribution < 1.29 is 0 Å². The number of aromatic nitrogens is 2. The molecular weight excluding hydrogens is 222 g/mol. The van der Waals surface area contributed by atoms with Gasteiger partial charge in [0, 0.05) is 24.7 Å². The summed E-state index contributed by atoms with van der Waals surface area (Å²) in [6, 6.07) is 2.87. The topological polar surface area (TPSA) is 29.9 Å². The monoisotopic (exact) mass is 249 g/mol. The van der Waals surface area contributed by atoms with E-state index in [-0.39, 0.29) is 0 Å². The minimum Gasteiger partial charge on any atom is -0.316 e. The first-order valence-electron chi connectivity index (χ1n) is 7.42. The molecule has 3 heteroatoms. The number of hydrogen-bond acceptors (Lipinski definition) is 2. The van der Waals surface area contributed by atoms with Gasteiger partial charge in [0.2, 0.25) is 0 Å². The molecule has 0 radical (unpaired) electrons. The van der Waals surface area contributed by atoms with Gasteiger partial charge in [-0.2, -0.15) is 5.10 Å². The van der Waals surface area contributed by atoms with Crippen LogP contribution in [0.2, 0.25) is 0 Å². The third-order valence-electron chi connectivity index (χ3n) is 4.38. The van der Waals surface area contributed by atoms with Gasteiger partial charge < -0.3 is 5.32 Å². The summed E-state index contributed by atoms with van der Waals surface area (Å²) in [5.74, 6) is 1.73. The molecule has 0 bridgehead atoms. The molecule has 102 valence electrons. The largest absolute Gasteiger partial charge is 0.316 e. The Labute approximate surface area is 111 Å². The van der Waals surface area contributed by atoms with E-state index in [1.807, 2.05) is 0 Å². The van der Waals surface area contributed by atoms with Gasteiger partial charge in [0.05, 0.1) is 5.69 Å². The van der Waals surface area contributed by atoms with E-state index in [4.69, 9.17) is 0 Å². The standard InChI is InChI=1S/C15H27N3/c1-5-13-9-14(18(6-2)17-13)10-15(16-4)11(3)12-7-8-12/h9,11-12,15-16H,5-8,10H2,1-4H3. The lowest BCUT2D eigenvalue weighted by Crippen LogP contribution is -2.35. The van der Waals surface area contributed by atoms with Crippen LogP contribution in [0.1, 0.15) is 45.0 Å². The van der Waals surface area contributed by atoms with Crippen LogP contribution in [-0.4, -0.2) is 22.9 Å². The Hall–Kier alpha value is -0.830. The number of rotatable bonds is 7. The maximum Gasteiger partial charge on any atom is 0.0624 e. The minimum atomic E-state index is 0.587. The van der Waals surface area contributed by atoms with Crippen molar-refractivity contribution in [2.45, 2.75) is 59.0 Å². The van der Waals surface area contributed by atoms with Crippen LogP contribution >= 0.6 is 0 Å². The smallest absolute Gasteiger partial charge is 0.0624 e. The summed E-state index contributed by atoms with van der Waals surface area (Å²) in [5.41, 5.74) is 2.61. The molecule has 2 unspecified atom stereocenters. The Balaban J connectivity index is 2.07. The highest BCUT2D eigenvalue weighted by molar-refractivity contribution is 5.12. The summed E-state index contributed by atoms with van der Waals surface area (Å²) >= 11 is 0. The van der Waals surface area contributed by atoms with E-state index in [1.165, 1.54) is 24.2 Å². The summed E-state index contributed by atoms with van der Waals surface area (Å²) in [7, 11) is 2.09. The van der Waals surface area contributed by atoms with Crippen LogP contribution in [0.25, 0.3) is 0 Å². The maximum absolute atomic E-state index is 4.64. The van der Waals surface area contributed by atoms with Crippen molar-refractivity contribution in [1.29, 1.82) is 0 Å². The lowest BCUT2D eigenvalue weighted by Gasteiger charge is -2.23. The molecule has 3 nitrogen and oxygen atoms in total. The first-order chi connectivity index (χ1) is 8.69. The van der Waals surface area contributed by atoms with E-state index in [0.29, 0.717) is 6.04 Å². The normalized spacial score (nSPS) is 18.9. The van der Waals surface area contributed by atoms with Crippen LogP contribution in [0.15, 0.2) is 6.07 Å². The fraction of sp³-hybridized carbons (Fsp3) is 0.800. The van der Waals surface area contributed by atoms with Gasteiger partial charge in [0.25, 0.3) is 0 Å².